The summed E-state index contributed by atoms with van der Waals surface area (Å²) in [5.41, 5.74) is 0. The second-order valence-corrected chi connectivity index (χ2v) is 9.44. The molecule has 0 aliphatic carbocycles. The molecule has 0 bridgehead atoms. The van der Waals surface area contributed by atoms with Crippen LogP contribution in [0.15, 0.2) is 17.5 Å². The van der Waals surface area contributed by atoms with Crippen molar-refractivity contribution in [2.24, 2.45) is 0 Å². The van der Waals surface area contributed by atoms with E-state index in [0.29, 0.717) is 18.3 Å². The first-order valence-electron chi connectivity index (χ1n) is 6.72. The second-order valence-electron chi connectivity index (χ2n) is 5.06. The van der Waals surface area contributed by atoms with Crippen LogP contribution in [0.4, 0.5) is 0 Å². The van der Waals surface area contributed by atoms with Crippen LogP contribution in [0.25, 0.3) is 0 Å². The fourth-order valence-electron chi connectivity index (χ4n) is 2.13. The number of sulfonamides is 1. The third-order valence-electron chi connectivity index (χ3n) is 3.48. The van der Waals surface area contributed by atoms with Gasteiger partial charge >= 0.3 is 0 Å². The number of likely N-dealkylation sites (N-methyl/N-ethyl adjacent to an activating group) is 1. The first-order valence-corrected chi connectivity index (χ1v) is 10.5. The lowest BCUT2D eigenvalue weighted by Crippen LogP contribution is -2.41. The predicted molar refractivity (Wildman–Crippen MR) is 88.2 cm³/mol. The molecule has 0 N–H and O–H groups in total. The van der Waals surface area contributed by atoms with Crippen LogP contribution in [0.3, 0.4) is 0 Å². The average Bonchev–Trinajstić information content (AvgIpc) is 2.82. The topological polar surface area (TPSA) is 57.7 Å². The fourth-order valence-corrected chi connectivity index (χ4v) is 4.71. The molecule has 1 saturated heterocycles. The van der Waals surface area contributed by atoms with Gasteiger partial charge < -0.3 is 4.90 Å². The molecule has 0 aromatic carbocycles. The molecular formula is C13H20N2O3S3. The van der Waals surface area contributed by atoms with Gasteiger partial charge in [-0.25, -0.2) is 8.42 Å². The minimum atomic E-state index is -3.31. The highest BCUT2D eigenvalue weighted by Gasteiger charge is 2.24. The molecule has 2 rings (SSSR count). The highest BCUT2D eigenvalue weighted by atomic mass is 32.2. The number of nitrogens with zero attached hydrogens (tertiary/aromatic N) is 2. The molecule has 1 aliphatic rings. The van der Waals surface area contributed by atoms with Gasteiger partial charge in [0.2, 0.25) is 15.9 Å². The summed E-state index contributed by atoms with van der Waals surface area (Å²) in [5, 5.41) is 2.51. The SMILES string of the molecule is CN(CC(=O)N1CCS[C@@H](c2cccs2)CC1)S(C)(=O)=O. The molecule has 118 valence electrons. The van der Waals surface area contributed by atoms with Crippen LogP contribution < -0.4 is 0 Å². The molecule has 0 saturated carbocycles. The molecule has 1 aliphatic heterocycles. The Labute approximate surface area is 134 Å². The Morgan fingerprint density at radius 3 is 2.86 bits per heavy atom. The molecule has 1 fully saturated rings. The number of thioether (sulfide) groups is 1. The zero-order valence-electron chi connectivity index (χ0n) is 12.2. The van der Waals surface area contributed by atoms with E-state index in [1.807, 2.05) is 11.8 Å². The highest BCUT2D eigenvalue weighted by molar-refractivity contribution is 7.99. The molecule has 5 nitrogen and oxygen atoms in total. The number of hydrogen-bond acceptors (Lipinski definition) is 5. The number of thiophene rings is 1. The van der Waals surface area contributed by atoms with Gasteiger partial charge in [-0.1, -0.05) is 6.07 Å². The number of amides is 1. The normalized spacial score (nSPS) is 20.5. The summed E-state index contributed by atoms with van der Waals surface area (Å²) in [4.78, 5) is 15.3. The third-order valence-corrected chi connectivity index (χ3v) is 7.19. The van der Waals surface area contributed by atoms with E-state index >= 15 is 0 Å². The van der Waals surface area contributed by atoms with Crippen LogP contribution in [0.5, 0.6) is 0 Å². The molecule has 0 radical (unpaired) electrons. The number of hydrogen-bond donors (Lipinski definition) is 0. The zero-order valence-corrected chi connectivity index (χ0v) is 14.6. The monoisotopic (exact) mass is 348 g/mol. The van der Waals surface area contributed by atoms with Gasteiger partial charge in [-0.2, -0.15) is 16.1 Å². The molecule has 1 aromatic rings. The second kappa shape index (κ2) is 7.13. The maximum atomic E-state index is 12.2. The van der Waals surface area contributed by atoms with Crippen molar-refractivity contribution in [3.63, 3.8) is 0 Å². The van der Waals surface area contributed by atoms with E-state index in [4.69, 9.17) is 0 Å². The smallest absolute Gasteiger partial charge is 0.237 e. The lowest BCUT2D eigenvalue weighted by Gasteiger charge is -2.23. The van der Waals surface area contributed by atoms with E-state index in [0.717, 1.165) is 22.7 Å². The van der Waals surface area contributed by atoms with Crippen LogP contribution in [0.2, 0.25) is 0 Å². The minimum Gasteiger partial charge on any atom is -0.341 e. The Hall–Kier alpha value is -0.570. The van der Waals surface area contributed by atoms with Crippen LogP contribution >= 0.6 is 23.1 Å². The number of carbonyl (C=O) groups is 1. The summed E-state index contributed by atoms with van der Waals surface area (Å²) < 4.78 is 23.9. The fraction of sp³-hybridized carbons (Fsp3) is 0.615. The van der Waals surface area contributed by atoms with Crippen molar-refractivity contribution in [3.05, 3.63) is 22.4 Å². The van der Waals surface area contributed by atoms with Gasteiger partial charge in [0.05, 0.1) is 12.8 Å². The van der Waals surface area contributed by atoms with Gasteiger partial charge in [-0.15, -0.1) is 11.3 Å². The van der Waals surface area contributed by atoms with Crippen molar-refractivity contribution in [1.29, 1.82) is 0 Å². The lowest BCUT2D eigenvalue weighted by molar-refractivity contribution is -0.130. The van der Waals surface area contributed by atoms with Crippen molar-refractivity contribution in [3.8, 4) is 0 Å². The summed E-state index contributed by atoms with van der Waals surface area (Å²) >= 11 is 3.62. The van der Waals surface area contributed by atoms with E-state index in [2.05, 4.69) is 17.5 Å². The van der Waals surface area contributed by atoms with Crippen LogP contribution in [0, 0.1) is 0 Å². The van der Waals surface area contributed by atoms with Crippen LogP contribution in [0.1, 0.15) is 16.5 Å². The Bertz CT molecular complexity index is 571. The molecule has 0 unspecified atom stereocenters. The van der Waals surface area contributed by atoms with Crippen molar-refractivity contribution in [2.45, 2.75) is 11.7 Å². The van der Waals surface area contributed by atoms with Crippen molar-refractivity contribution < 1.29 is 13.2 Å². The van der Waals surface area contributed by atoms with Gasteiger partial charge in [-0.3, -0.25) is 4.79 Å². The summed E-state index contributed by atoms with van der Waals surface area (Å²) in [6.07, 6.45) is 2.03. The molecule has 2 heterocycles. The summed E-state index contributed by atoms with van der Waals surface area (Å²) in [6, 6.07) is 4.19. The molecular weight excluding hydrogens is 328 g/mol. The largest absolute Gasteiger partial charge is 0.341 e. The number of carbonyl (C=O) groups excluding carboxylic acids is 1. The van der Waals surface area contributed by atoms with E-state index < -0.39 is 10.0 Å². The number of rotatable bonds is 4. The lowest BCUT2D eigenvalue weighted by atomic mass is 10.2. The van der Waals surface area contributed by atoms with E-state index in [-0.39, 0.29) is 12.5 Å². The summed E-state index contributed by atoms with van der Waals surface area (Å²) in [6.45, 7) is 1.29. The van der Waals surface area contributed by atoms with Crippen molar-refractivity contribution >= 4 is 39.0 Å². The van der Waals surface area contributed by atoms with Crippen LogP contribution in [-0.2, 0) is 14.8 Å². The van der Waals surface area contributed by atoms with E-state index in [9.17, 15) is 13.2 Å². The van der Waals surface area contributed by atoms with Gasteiger partial charge in [-0.05, 0) is 17.9 Å². The Morgan fingerprint density at radius 2 is 2.24 bits per heavy atom. The molecule has 1 aromatic heterocycles. The van der Waals surface area contributed by atoms with Gasteiger partial charge in [0, 0.05) is 36.0 Å². The first-order chi connectivity index (χ1) is 9.88. The molecule has 1 atom stereocenters. The minimum absolute atomic E-state index is 0.0762. The van der Waals surface area contributed by atoms with Gasteiger partial charge in [0.25, 0.3) is 0 Å². The third kappa shape index (κ3) is 4.70. The average molecular weight is 349 g/mol. The van der Waals surface area contributed by atoms with E-state index in [1.54, 1.807) is 16.2 Å². The Balaban J connectivity index is 1.92. The van der Waals surface area contributed by atoms with Crippen molar-refractivity contribution in [1.82, 2.24) is 9.21 Å². The van der Waals surface area contributed by atoms with Gasteiger partial charge in [0.1, 0.15) is 0 Å². The van der Waals surface area contributed by atoms with Crippen molar-refractivity contribution in [2.75, 3.05) is 38.7 Å². The van der Waals surface area contributed by atoms with Gasteiger partial charge in [0.15, 0.2) is 0 Å². The van der Waals surface area contributed by atoms with E-state index in [1.165, 1.54) is 11.9 Å². The van der Waals surface area contributed by atoms with Crippen LogP contribution in [-0.4, -0.2) is 62.2 Å². The predicted octanol–water partition coefficient (Wildman–Crippen LogP) is 1.65. The standard InChI is InChI=1S/C13H20N2O3S3/c1-14(21(2,17)18)10-13(16)15-6-5-12(20-9-7-15)11-4-3-8-19-11/h3-4,8,12H,5-7,9-10H2,1-2H3/t12-/m1/s1. The molecule has 1 amide bonds. The molecule has 0 spiro atoms. The highest BCUT2D eigenvalue weighted by Crippen LogP contribution is 2.36. The Morgan fingerprint density at radius 1 is 1.48 bits per heavy atom. The molecule has 21 heavy (non-hydrogen) atoms. The maximum absolute atomic E-state index is 12.2. The molecule has 8 heteroatoms. The zero-order chi connectivity index (χ0) is 15.5. The maximum Gasteiger partial charge on any atom is 0.237 e. The summed E-state index contributed by atoms with van der Waals surface area (Å²) in [5.74, 6) is 0.770. The Kier molecular flexibility index (Phi) is 5.70. The summed E-state index contributed by atoms with van der Waals surface area (Å²) in [7, 11) is -1.87. The first kappa shape index (κ1) is 16.8. The quantitative estimate of drug-likeness (QED) is 0.830.